The van der Waals surface area contributed by atoms with Gasteiger partial charge in [-0.15, -0.1) is 12.4 Å². The second-order valence-electron chi connectivity index (χ2n) is 2.85. The SMILES string of the molecule is CCNc1ccccc1C(=O)CC.Cl. The number of hydrogen-bond acceptors (Lipinski definition) is 2. The van der Waals surface area contributed by atoms with Crippen LogP contribution < -0.4 is 5.32 Å². The van der Waals surface area contributed by atoms with E-state index in [1.165, 1.54) is 0 Å². The highest BCUT2D eigenvalue weighted by Gasteiger charge is 2.06. The molecule has 0 amide bonds. The minimum atomic E-state index is 0. The molecular formula is C11H16ClNO. The van der Waals surface area contributed by atoms with Gasteiger partial charge in [0.15, 0.2) is 5.78 Å². The van der Waals surface area contributed by atoms with Gasteiger partial charge in [0.2, 0.25) is 0 Å². The van der Waals surface area contributed by atoms with Gasteiger partial charge >= 0.3 is 0 Å². The third kappa shape index (κ3) is 3.04. The lowest BCUT2D eigenvalue weighted by Gasteiger charge is -2.07. The van der Waals surface area contributed by atoms with E-state index in [1.54, 1.807) is 0 Å². The fourth-order valence-electron chi connectivity index (χ4n) is 1.26. The van der Waals surface area contributed by atoms with E-state index >= 15 is 0 Å². The van der Waals surface area contributed by atoms with Crippen LogP contribution in [-0.4, -0.2) is 12.3 Å². The summed E-state index contributed by atoms with van der Waals surface area (Å²) in [6.07, 6.45) is 0.558. The maximum absolute atomic E-state index is 11.5. The second-order valence-corrected chi connectivity index (χ2v) is 2.85. The molecule has 14 heavy (non-hydrogen) atoms. The smallest absolute Gasteiger partial charge is 0.164 e. The Morgan fingerprint density at radius 2 is 1.93 bits per heavy atom. The van der Waals surface area contributed by atoms with Gasteiger partial charge in [-0.05, 0) is 19.1 Å². The predicted octanol–water partition coefficient (Wildman–Crippen LogP) is 3.13. The van der Waals surface area contributed by atoms with Crippen LogP contribution in [0, 0.1) is 0 Å². The molecule has 0 aliphatic rings. The molecular weight excluding hydrogens is 198 g/mol. The number of ketones is 1. The van der Waals surface area contributed by atoms with Crippen molar-refractivity contribution in [1.29, 1.82) is 0 Å². The third-order valence-corrected chi connectivity index (χ3v) is 1.92. The van der Waals surface area contributed by atoms with Crippen molar-refractivity contribution in [1.82, 2.24) is 0 Å². The average Bonchev–Trinajstić information content (AvgIpc) is 2.18. The van der Waals surface area contributed by atoms with E-state index in [0.717, 1.165) is 17.8 Å². The molecule has 1 rings (SSSR count). The van der Waals surface area contributed by atoms with Crippen LogP contribution in [0.25, 0.3) is 0 Å². The van der Waals surface area contributed by atoms with Crippen molar-refractivity contribution in [2.24, 2.45) is 0 Å². The summed E-state index contributed by atoms with van der Waals surface area (Å²) >= 11 is 0. The Balaban J connectivity index is 0.00000169. The van der Waals surface area contributed by atoms with E-state index in [9.17, 15) is 4.79 Å². The molecule has 1 aromatic rings. The number of carbonyl (C=O) groups excluding carboxylic acids is 1. The van der Waals surface area contributed by atoms with Crippen LogP contribution in [0.2, 0.25) is 0 Å². The molecule has 0 bridgehead atoms. The zero-order valence-electron chi connectivity index (χ0n) is 8.54. The summed E-state index contributed by atoms with van der Waals surface area (Å²) < 4.78 is 0. The highest BCUT2D eigenvalue weighted by molar-refractivity contribution is 6.00. The van der Waals surface area contributed by atoms with Crippen molar-refractivity contribution in [3.05, 3.63) is 29.8 Å². The number of benzene rings is 1. The number of para-hydroxylation sites is 1. The van der Waals surface area contributed by atoms with Crippen LogP contribution in [0.4, 0.5) is 5.69 Å². The molecule has 0 heterocycles. The van der Waals surface area contributed by atoms with Crippen molar-refractivity contribution in [3.8, 4) is 0 Å². The molecule has 0 radical (unpaired) electrons. The van der Waals surface area contributed by atoms with Crippen molar-refractivity contribution in [3.63, 3.8) is 0 Å². The molecule has 1 aromatic carbocycles. The Bertz CT molecular complexity index is 299. The van der Waals surface area contributed by atoms with Crippen LogP contribution in [0.5, 0.6) is 0 Å². The first kappa shape index (κ1) is 13.0. The number of Topliss-reactive ketones (excluding diaryl/α,β-unsaturated/α-hetero) is 1. The molecule has 0 saturated heterocycles. The van der Waals surface area contributed by atoms with Gasteiger partial charge in [-0.2, -0.15) is 0 Å². The lowest BCUT2D eigenvalue weighted by Crippen LogP contribution is -2.05. The number of hydrogen-bond donors (Lipinski definition) is 1. The minimum absolute atomic E-state index is 0. The fourth-order valence-corrected chi connectivity index (χ4v) is 1.26. The first-order valence-electron chi connectivity index (χ1n) is 4.65. The van der Waals surface area contributed by atoms with Gasteiger partial charge in [0.05, 0.1) is 0 Å². The number of anilines is 1. The lowest BCUT2D eigenvalue weighted by molar-refractivity contribution is 0.0989. The Morgan fingerprint density at radius 3 is 2.50 bits per heavy atom. The van der Waals surface area contributed by atoms with Gasteiger partial charge in [-0.3, -0.25) is 4.79 Å². The quantitative estimate of drug-likeness (QED) is 0.779. The summed E-state index contributed by atoms with van der Waals surface area (Å²) in [7, 11) is 0. The molecule has 0 saturated carbocycles. The molecule has 1 N–H and O–H groups in total. The molecule has 0 unspecified atom stereocenters. The molecule has 0 aliphatic carbocycles. The van der Waals surface area contributed by atoms with Gasteiger partial charge < -0.3 is 5.32 Å². The highest BCUT2D eigenvalue weighted by atomic mass is 35.5. The second kappa shape index (κ2) is 6.44. The zero-order chi connectivity index (χ0) is 9.68. The predicted molar refractivity (Wildman–Crippen MR) is 62.5 cm³/mol. The highest BCUT2D eigenvalue weighted by Crippen LogP contribution is 2.16. The summed E-state index contributed by atoms with van der Waals surface area (Å²) in [6.45, 7) is 4.74. The summed E-state index contributed by atoms with van der Waals surface area (Å²) in [6, 6.07) is 7.63. The summed E-state index contributed by atoms with van der Waals surface area (Å²) in [5, 5.41) is 3.17. The topological polar surface area (TPSA) is 29.1 Å². The molecule has 0 aromatic heterocycles. The summed E-state index contributed by atoms with van der Waals surface area (Å²) in [5.74, 6) is 0.191. The first-order chi connectivity index (χ1) is 6.29. The van der Waals surface area contributed by atoms with Crippen LogP contribution in [0.3, 0.4) is 0 Å². The molecule has 0 atom stereocenters. The molecule has 0 aliphatic heterocycles. The van der Waals surface area contributed by atoms with Gasteiger partial charge in [0.25, 0.3) is 0 Å². The van der Waals surface area contributed by atoms with Gasteiger partial charge in [0.1, 0.15) is 0 Å². The van der Waals surface area contributed by atoms with Gasteiger partial charge in [-0.25, -0.2) is 0 Å². The maximum atomic E-state index is 11.5. The van der Waals surface area contributed by atoms with E-state index < -0.39 is 0 Å². The van der Waals surface area contributed by atoms with Crippen molar-refractivity contribution < 1.29 is 4.79 Å². The van der Waals surface area contributed by atoms with Crippen molar-refractivity contribution in [2.45, 2.75) is 20.3 Å². The number of rotatable bonds is 4. The number of nitrogens with one attached hydrogen (secondary N) is 1. The lowest BCUT2D eigenvalue weighted by atomic mass is 10.1. The van der Waals surface area contributed by atoms with Crippen molar-refractivity contribution >= 4 is 23.9 Å². The molecule has 3 heteroatoms. The van der Waals surface area contributed by atoms with E-state index in [0.29, 0.717) is 6.42 Å². The third-order valence-electron chi connectivity index (χ3n) is 1.92. The number of carbonyl (C=O) groups is 1. The van der Waals surface area contributed by atoms with Crippen molar-refractivity contribution in [2.75, 3.05) is 11.9 Å². The summed E-state index contributed by atoms with van der Waals surface area (Å²) in [4.78, 5) is 11.5. The van der Waals surface area contributed by atoms with E-state index in [1.807, 2.05) is 38.1 Å². The monoisotopic (exact) mass is 213 g/mol. The zero-order valence-corrected chi connectivity index (χ0v) is 9.36. The summed E-state index contributed by atoms with van der Waals surface area (Å²) in [5.41, 5.74) is 1.74. The number of halogens is 1. The van der Waals surface area contributed by atoms with E-state index in [-0.39, 0.29) is 18.2 Å². The van der Waals surface area contributed by atoms with E-state index in [2.05, 4.69) is 5.32 Å². The Hall–Kier alpha value is -1.02. The minimum Gasteiger partial charge on any atom is -0.385 e. The normalized spacial score (nSPS) is 9.00. The van der Waals surface area contributed by atoms with Gasteiger partial charge in [-0.1, -0.05) is 19.1 Å². The molecule has 2 nitrogen and oxygen atoms in total. The van der Waals surface area contributed by atoms with Crippen LogP contribution >= 0.6 is 12.4 Å². The maximum Gasteiger partial charge on any atom is 0.164 e. The van der Waals surface area contributed by atoms with Crippen LogP contribution in [0.1, 0.15) is 30.6 Å². The average molecular weight is 214 g/mol. The Labute approximate surface area is 91.1 Å². The Morgan fingerprint density at radius 1 is 1.29 bits per heavy atom. The molecule has 78 valence electrons. The fraction of sp³-hybridized carbons (Fsp3) is 0.364. The van der Waals surface area contributed by atoms with Crippen LogP contribution in [-0.2, 0) is 0 Å². The largest absolute Gasteiger partial charge is 0.385 e. The van der Waals surface area contributed by atoms with E-state index in [4.69, 9.17) is 0 Å². The van der Waals surface area contributed by atoms with Crippen LogP contribution in [0.15, 0.2) is 24.3 Å². The standard InChI is InChI=1S/C11H15NO.ClH/c1-3-11(13)9-7-5-6-8-10(9)12-4-2;/h5-8,12H,3-4H2,1-2H3;1H. The first-order valence-corrected chi connectivity index (χ1v) is 4.65. The van der Waals surface area contributed by atoms with Gasteiger partial charge in [0, 0.05) is 24.2 Å². The molecule has 0 fully saturated rings. The Kier molecular flexibility index (Phi) is 5.97. The molecule has 0 spiro atoms.